The maximum absolute atomic E-state index is 4.39. The fourth-order valence-corrected chi connectivity index (χ4v) is 1.88. The fourth-order valence-electron chi connectivity index (χ4n) is 1.88. The van der Waals surface area contributed by atoms with Gasteiger partial charge in [0.1, 0.15) is 5.82 Å². The molecule has 1 N–H and O–H groups in total. The number of nitrogens with one attached hydrogen (secondary N) is 1. The second-order valence-electron chi connectivity index (χ2n) is 4.45. The van der Waals surface area contributed by atoms with Crippen LogP contribution in [-0.2, 0) is 19.6 Å². The number of imidazole rings is 2. The van der Waals surface area contributed by atoms with E-state index >= 15 is 0 Å². The highest BCUT2D eigenvalue weighted by atomic mass is 15.1. The molecular weight excluding hydrogens is 226 g/mol. The van der Waals surface area contributed by atoms with E-state index in [1.165, 1.54) is 0 Å². The first kappa shape index (κ1) is 12.8. The molecule has 5 heteroatoms. The standard InChI is InChI=1S/C13H21N5/c1-3-4-14-9-13-10-17(11-16-13)7-8-18-6-5-15-12(18)2/h5-6,10-11,14H,3-4,7-9H2,1-2H3. The topological polar surface area (TPSA) is 47.7 Å². The third-order valence-corrected chi connectivity index (χ3v) is 2.94. The Labute approximate surface area is 108 Å². The summed E-state index contributed by atoms with van der Waals surface area (Å²) in [5, 5.41) is 3.35. The summed E-state index contributed by atoms with van der Waals surface area (Å²) in [4.78, 5) is 8.60. The van der Waals surface area contributed by atoms with Gasteiger partial charge in [-0.25, -0.2) is 9.97 Å². The van der Waals surface area contributed by atoms with Crippen molar-refractivity contribution in [2.75, 3.05) is 6.54 Å². The molecule has 2 aromatic heterocycles. The molecule has 5 nitrogen and oxygen atoms in total. The Morgan fingerprint density at radius 1 is 1.28 bits per heavy atom. The number of aromatic nitrogens is 4. The lowest BCUT2D eigenvalue weighted by atomic mass is 10.4. The molecule has 0 saturated heterocycles. The van der Waals surface area contributed by atoms with E-state index in [4.69, 9.17) is 0 Å². The van der Waals surface area contributed by atoms with E-state index in [0.717, 1.165) is 44.1 Å². The van der Waals surface area contributed by atoms with Gasteiger partial charge in [-0.1, -0.05) is 6.92 Å². The molecule has 2 aromatic rings. The fraction of sp³-hybridized carbons (Fsp3) is 0.538. The second-order valence-corrected chi connectivity index (χ2v) is 4.45. The highest BCUT2D eigenvalue weighted by molar-refractivity contribution is 4.96. The van der Waals surface area contributed by atoms with Gasteiger partial charge in [0, 0.05) is 38.2 Å². The van der Waals surface area contributed by atoms with Gasteiger partial charge in [-0.2, -0.15) is 0 Å². The molecule has 0 fully saturated rings. The normalized spacial score (nSPS) is 11.0. The van der Waals surface area contributed by atoms with Crippen LogP contribution < -0.4 is 5.32 Å². The van der Waals surface area contributed by atoms with Crippen molar-refractivity contribution in [1.29, 1.82) is 0 Å². The van der Waals surface area contributed by atoms with Gasteiger partial charge in [-0.05, 0) is 19.9 Å². The molecular formula is C13H21N5. The van der Waals surface area contributed by atoms with Gasteiger partial charge in [0.05, 0.1) is 12.0 Å². The number of nitrogens with zero attached hydrogens (tertiary/aromatic N) is 4. The van der Waals surface area contributed by atoms with Gasteiger partial charge in [0.25, 0.3) is 0 Å². The van der Waals surface area contributed by atoms with Crippen LogP contribution in [-0.4, -0.2) is 25.6 Å². The molecule has 0 aliphatic carbocycles. The molecule has 2 heterocycles. The molecule has 0 unspecified atom stereocenters. The lowest BCUT2D eigenvalue weighted by Gasteiger charge is -2.05. The molecule has 0 radical (unpaired) electrons. The largest absolute Gasteiger partial charge is 0.335 e. The van der Waals surface area contributed by atoms with E-state index in [2.05, 4.69) is 37.5 Å². The van der Waals surface area contributed by atoms with E-state index in [1.54, 1.807) is 0 Å². The van der Waals surface area contributed by atoms with Gasteiger partial charge < -0.3 is 14.5 Å². The third-order valence-electron chi connectivity index (χ3n) is 2.94. The van der Waals surface area contributed by atoms with Crippen LogP contribution in [0.5, 0.6) is 0 Å². The summed E-state index contributed by atoms with van der Waals surface area (Å²) >= 11 is 0. The van der Waals surface area contributed by atoms with Crippen molar-refractivity contribution in [3.8, 4) is 0 Å². The van der Waals surface area contributed by atoms with Crippen molar-refractivity contribution in [1.82, 2.24) is 24.4 Å². The zero-order valence-corrected chi connectivity index (χ0v) is 11.1. The summed E-state index contributed by atoms with van der Waals surface area (Å²) in [6.45, 7) is 7.95. The van der Waals surface area contributed by atoms with Gasteiger partial charge in [0.2, 0.25) is 0 Å². The maximum Gasteiger partial charge on any atom is 0.105 e. The zero-order valence-electron chi connectivity index (χ0n) is 11.1. The molecule has 0 aliphatic heterocycles. The minimum absolute atomic E-state index is 0.852. The first-order valence-corrected chi connectivity index (χ1v) is 6.48. The molecule has 0 aliphatic rings. The summed E-state index contributed by atoms with van der Waals surface area (Å²) < 4.78 is 4.28. The highest BCUT2D eigenvalue weighted by Crippen LogP contribution is 2.00. The number of aryl methyl sites for hydroxylation is 3. The van der Waals surface area contributed by atoms with Crippen LogP contribution in [0.2, 0.25) is 0 Å². The lowest BCUT2D eigenvalue weighted by Crippen LogP contribution is -2.14. The summed E-state index contributed by atoms with van der Waals surface area (Å²) in [6.07, 6.45) is 9.00. The Hall–Kier alpha value is -1.62. The quantitative estimate of drug-likeness (QED) is 0.756. The first-order chi connectivity index (χ1) is 8.79. The van der Waals surface area contributed by atoms with Crippen molar-refractivity contribution in [2.45, 2.75) is 39.9 Å². The van der Waals surface area contributed by atoms with Crippen LogP contribution in [0, 0.1) is 6.92 Å². The van der Waals surface area contributed by atoms with Crippen LogP contribution in [0.3, 0.4) is 0 Å². The summed E-state index contributed by atoms with van der Waals surface area (Å²) in [7, 11) is 0. The Morgan fingerprint density at radius 3 is 2.89 bits per heavy atom. The second kappa shape index (κ2) is 6.35. The monoisotopic (exact) mass is 247 g/mol. The summed E-state index contributed by atoms with van der Waals surface area (Å²) in [5.41, 5.74) is 1.10. The van der Waals surface area contributed by atoms with E-state index in [0.29, 0.717) is 0 Å². The molecule has 0 saturated carbocycles. The highest BCUT2D eigenvalue weighted by Gasteiger charge is 2.00. The van der Waals surface area contributed by atoms with Crippen molar-refractivity contribution in [3.63, 3.8) is 0 Å². The number of rotatable bonds is 7. The Morgan fingerprint density at radius 2 is 2.17 bits per heavy atom. The predicted octanol–water partition coefficient (Wildman–Crippen LogP) is 1.59. The third kappa shape index (κ3) is 3.43. The smallest absolute Gasteiger partial charge is 0.105 e. The molecule has 0 aromatic carbocycles. The van der Waals surface area contributed by atoms with E-state index in [1.807, 2.05) is 25.6 Å². The van der Waals surface area contributed by atoms with Crippen molar-refractivity contribution in [3.05, 3.63) is 36.4 Å². The maximum atomic E-state index is 4.39. The predicted molar refractivity (Wildman–Crippen MR) is 71.2 cm³/mol. The Bertz CT molecular complexity index is 471. The Kier molecular flexibility index (Phi) is 4.52. The van der Waals surface area contributed by atoms with Gasteiger partial charge in [0.15, 0.2) is 0 Å². The van der Waals surface area contributed by atoms with Crippen LogP contribution in [0.1, 0.15) is 24.9 Å². The van der Waals surface area contributed by atoms with Crippen LogP contribution in [0.4, 0.5) is 0 Å². The molecule has 0 amide bonds. The van der Waals surface area contributed by atoms with E-state index in [9.17, 15) is 0 Å². The first-order valence-electron chi connectivity index (χ1n) is 6.48. The minimum atomic E-state index is 0.852. The molecule has 0 bridgehead atoms. The molecule has 0 spiro atoms. The summed E-state index contributed by atoms with van der Waals surface area (Å²) in [5.74, 6) is 1.06. The van der Waals surface area contributed by atoms with E-state index in [-0.39, 0.29) is 0 Å². The van der Waals surface area contributed by atoms with Crippen LogP contribution in [0.15, 0.2) is 24.9 Å². The number of hydrogen-bond donors (Lipinski definition) is 1. The van der Waals surface area contributed by atoms with Gasteiger partial charge >= 0.3 is 0 Å². The average Bonchev–Trinajstić information content (AvgIpc) is 2.96. The van der Waals surface area contributed by atoms with Crippen molar-refractivity contribution >= 4 is 0 Å². The number of hydrogen-bond acceptors (Lipinski definition) is 3. The minimum Gasteiger partial charge on any atom is -0.335 e. The average molecular weight is 247 g/mol. The molecule has 18 heavy (non-hydrogen) atoms. The zero-order chi connectivity index (χ0) is 12.8. The Balaban J connectivity index is 1.81. The molecule has 0 atom stereocenters. The molecule has 2 rings (SSSR count). The lowest BCUT2D eigenvalue weighted by molar-refractivity contribution is 0.567. The van der Waals surface area contributed by atoms with E-state index < -0.39 is 0 Å². The molecule has 98 valence electrons. The van der Waals surface area contributed by atoms with Gasteiger partial charge in [-0.3, -0.25) is 0 Å². The van der Waals surface area contributed by atoms with Crippen LogP contribution in [0.25, 0.3) is 0 Å². The van der Waals surface area contributed by atoms with Crippen molar-refractivity contribution in [2.24, 2.45) is 0 Å². The van der Waals surface area contributed by atoms with Crippen LogP contribution >= 0.6 is 0 Å². The van der Waals surface area contributed by atoms with Gasteiger partial charge in [-0.15, -0.1) is 0 Å². The van der Waals surface area contributed by atoms with Crippen molar-refractivity contribution < 1.29 is 0 Å². The SMILES string of the molecule is CCCNCc1cn(CCn2ccnc2C)cn1. The summed E-state index contributed by atoms with van der Waals surface area (Å²) in [6, 6.07) is 0.